The van der Waals surface area contributed by atoms with Crippen molar-refractivity contribution in [2.75, 3.05) is 19.6 Å². The zero-order valence-corrected chi connectivity index (χ0v) is 13.4. The van der Waals surface area contributed by atoms with E-state index in [0.29, 0.717) is 11.7 Å². The molecule has 0 aliphatic carbocycles. The lowest BCUT2D eigenvalue weighted by Crippen LogP contribution is -2.38. The molecular weight excluding hydrogens is 332 g/mol. The number of likely N-dealkylation sites (tertiary alicyclic amines) is 1. The molecule has 1 aromatic carbocycles. The average molecular weight is 351 g/mol. The van der Waals surface area contributed by atoms with Gasteiger partial charge in [-0.25, -0.2) is 0 Å². The van der Waals surface area contributed by atoms with E-state index >= 15 is 0 Å². The summed E-state index contributed by atoms with van der Waals surface area (Å²) >= 11 is 3.45. The van der Waals surface area contributed by atoms with Crippen LogP contribution in [0.25, 0.3) is 11.0 Å². The Bertz CT molecular complexity index is 645. The minimum Gasteiger partial charge on any atom is -0.450 e. The van der Waals surface area contributed by atoms with Crippen LogP contribution in [-0.4, -0.2) is 30.4 Å². The van der Waals surface area contributed by atoms with Crippen LogP contribution in [0.15, 0.2) is 33.2 Å². The second-order valence-electron chi connectivity index (χ2n) is 5.58. The first-order valence-electron chi connectivity index (χ1n) is 7.36. The molecule has 1 fully saturated rings. The largest absolute Gasteiger partial charge is 0.450 e. The van der Waals surface area contributed by atoms with Gasteiger partial charge in [-0.3, -0.25) is 4.79 Å². The number of piperidine rings is 1. The molecule has 0 spiro atoms. The first kappa shape index (κ1) is 14.6. The third kappa shape index (κ3) is 2.99. The van der Waals surface area contributed by atoms with Crippen molar-refractivity contribution in [3.05, 3.63) is 34.5 Å². The summed E-state index contributed by atoms with van der Waals surface area (Å²) < 4.78 is 6.61. The molecule has 0 unspecified atom stereocenters. The summed E-state index contributed by atoms with van der Waals surface area (Å²) in [5.74, 6) is 1.07. The number of halogens is 1. The van der Waals surface area contributed by atoms with E-state index in [9.17, 15) is 4.79 Å². The molecule has 21 heavy (non-hydrogen) atoms. The number of fused-ring (bicyclic) bond motifs is 1. The van der Waals surface area contributed by atoms with E-state index in [1.165, 1.54) is 0 Å². The average Bonchev–Trinajstić information content (AvgIpc) is 2.93. The fourth-order valence-corrected chi connectivity index (χ4v) is 3.41. The van der Waals surface area contributed by atoms with Crippen LogP contribution in [0.5, 0.6) is 0 Å². The lowest BCUT2D eigenvalue weighted by atomic mass is 9.93. The van der Waals surface area contributed by atoms with Crippen LogP contribution in [0.2, 0.25) is 0 Å². The molecule has 1 saturated heterocycles. The zero-order chi connectivity index (χ0) is 14.8. The molecule has 1 amide bonds. The molecular formula is C16H19BrN2O2. The molecule has 2 aromatic rings. The molecule has 3 rings (SSSR count). The van der Waals surface area contributed by atoms with Gasteiger partial charge >= 0.3 is 0 Å². The number of rotatable bonds is 3. The minimum absolute atomic E-state index is 0.00991. The highest BCUT2D eigenvalue weighted by Gasteiger charge is 2.25. The van der Waals surface area contributed by atoms with Gasteiger partial charge in [0.15, 0.2) is 5.76 Å². The Hall–Kier alpha value is -1.33. The predicted molar refractivity (Wildman–Crippen MR) is 86.2 cm³/mol. The van der Waals surface area contributed by atoms with Gasteiger partial charge < -0.3 is 15.1 Å². The van der Waals surface area contributed by atoms with Gasteiger partial charge in [0.2, 0.25) is 0 Å². The van der Waals surface area contributed by atoms with Gasteiger partial charge in [0.05, 0.1) is 4.47 Å². The van der Waals surface area contributed by atoms with Crippen molar-refractivity contribution in [1.82, 2.24) is 4.90 Å². The van der Waals surface area contributed by atoms with Gasteiger partial charge in [0.25, 0.3) is 5.91 Å². The van der Waals surface area contributed by atoms with Crippen LogP contribution >= 0.6 is 15.9 Å². The second kappa shape index (κ2) is 6.20. The molecule has 0 bridgehead atoms. The van der Waals surface area contributed by atoms with E-state index < -0.39 is 0 Å². The standard InChI is InChI=1S/C16H19BrN2O2/c17-13-3-1-2-12-10-14(21-15(12)13)16(20)19-8-5-11(4-7-18)6-9-19/h1-3,10-11H,4-9,18H2. The lowest BCUT2D eigenvalue weighted by molar-refractivity contribution is 0.0658. The maximum Gasteiger partial charge on any atom is 0.289 e. The molecule has 2 N–H and O–H groups in total. The molecule has 1 aliphatic rings. The van der Waals surface area contributed by atoms with E-state index in [1.54, 1.807) is 0 Å². The first-order valence-corrected chi connectivity index (χ1v) is 8.15. The van der Waals surface area contributed by atoms with Gasteiger partial charge in [-0.05, 0) is 59.8 Å². The van der Waals surface area contributed by atoms with Crippen LogP contribution in [0, 0.1) is 5.92 Å². The number of hydrogen-bond acceptors (Lipinski definition) is 3. The number of para-hydroxylation sites is 1. The third-order valence-electron chi connectivity index (χ3n) is 4.18. The van der Waals surface area contributed by atoms with Gasteiger partial charge in [0, 0.05) is 18.5 Å². The summed E-state index contributed by atoms with van der Waals surface area (Å²) in [6.45, 7) is 2.32. The molecule has 1 aromatic heterocycles. The highest BCUT2D eigenvalue weighted by atomic mass is 79.9. The third-order valence-corrected chi connectivity index (χ3v) is 4.81. The Morgan fingerprint density at radius 1 is 1.38 bits per heavy atom. The summed E-state index contributed by atoms with van der Waals surface area (Å²) in [5, 5.41) is 0.950. The highest BCUT2D eigenvalue weighted by molar-refractivity contribution is 9.10. The number of amides is 1. The molecule has 1 aliphatic heterocycles. The quantitative estimate of drug-likeness (QED) is 0.922. The van der Waals surface area contributed by atoms with Gasteiger partial charge in [0.1, 0.15) is 5.58 Å². The smallest absolute Gasteiger partial charge is 0.289 e. The monoisotopic (exact) mass is 350 g/mol. The van der Waals surface area contributed by atoms with Crippen LogP contribution in [0.4, 0.5) is 0 Å². The Labute approximate surface area is 132 Å². The van der Waals surface area contributed by atoms with Crippen molar-refractivity contribution < 1.29 is 9.21 Å². The number of hydrogen-bond donors (Lipinski definition) is 1. The summed E-state index contributed by atoms with van der Waals surface area (Å²) in [5.41, 5.74) is 6.34. The van der Waals surface area contributed by atoms with E-state index in [4.69, 9.17) is 10.2 Å². The van der Waals surface area contributed by atoms with E-state index in [2.05, 4.69) is 15.9 Å². The first-order chi connectivity index (χ1) is 10.2. The zero-order valence-electron chi connectivity index (χ0n) is 11.8. The number of nitrogens with two attached hydrogens (primary N) is 1. The summed E-state index contributed by atoms with van der Waals surface area (Å²) in [4.78, 5) is 14.4. The SMILES string of the molecule is NCCC1CCN(C(=O)c2cc3cccc(Br)c3o2)CC1. The van der Waals surface area contributed by atoms with Crippen LogP contribution in [0.3, 0.4) is 0 Å². The maximum atomic E-state index is 12.5. The Morgan fingerprint density at radius 2 is 2.14 bits per heavy atom. The molecule has 0 saturated carbocycles. The Kier molecular flexibility index (Phi) is 4.31. The number of furan rings is 1. The van der Waals surface area contributed by atoms with Crippen molar-refractivity contribution in [3.63, 3.8) is 0 Å². The van der Waals surface area contributed by atoms with Crippen molar-refractivity contribution >= 4 is 32.8 Å². The number of nitrogens with zero attached hydrogens (tertiary/aromatic N) is 1. The molecule has 112 valence electrons. The summed E-state index contributed by atoms with van der Waals surface area (Å²) in [7, 11) is 0. The summed E-state index contributed by atoms with van der Waals surface area (Å²) in [6.07, 6.45) is 3.12. The van der Waals surface area contributed by atoms with Crippen LogP contribution in [-0.2, 0) is 0 Å². The summed E-state index contributed by atoms with van der Waals surface area (Å²) in [6, 6.07) is 7.63. The topological polar surface area (TPSA) is 59.5 Å². The van der Waals surface area contributed by atoms with Crippen LogP contribution in [0.1, 0.15) is 29.8 Å². The van der Waals surface area contributed by atoms with Crippen molar-refractivity contribution in [3.8, 4) is 0 Å². The van der Waals surface area contributed by atoms with E-state index in [-0.39, 0.29) is 5.91 Å². The maximum absolute atomic E-state index is 12.5. The predicted octanol–water partition coefficient (Wildman–Crippen LogP) is 3.40. The van der Waals surface area contributed by atoms with E-state index in [1.807, 2.05) is 29.2 Å². The normalized spacial score (nSPS) is 16.6. The number of benzene rings is 1. The molecule has 0 radical (unpaired) electrons. The molecule has 2 heterocycles. The van der Waals surface area contributed by atoms with Crippen molar-refractivity contribution in [1.29, 1.82) is 0 Å². The van der Waals surface area contributed by atoms with Crippen molar-refractivity contribution in [2.24, 2.45) is 11.7 Å². The van der Waals surface area contributed by atoms with Crippen molar-refractivity contribution in [2.45, 2.75) is 19.3 Å². The van der Waals surface area contributed by atoms with Crippen LogP contribution < -0.4 is 5.73 Å². The minimum atomic E-state index is -0.00991. The fraction of sp³-hybridized carbons (Fsp3) is 0.438. The lowest BCUT2D eigenvalue weighted by Gasteiger charge is -2.31. The number of carbonyl (C=O) groups excluding carboxylic acids is 1. The Balaban J connectivity index is 1.74. The van der Waals surface area contributed by atoms with Gasteiger partial charge in [-0.15, -0.1) is 0 Å². The second-order valence-corrected chi connectivity index (χ2v) is 6.44. The van der Waals surface area contributed by atoms with Gasteiger partial charge in [-0.2, -0.15) is 0 Å². The number of carbonyl (C=O) groups is 1. The fourth-order valence-electron chi connectivity index (χ4n) is 2.95. The highest BCUT2D eigenvalue weighted by Crippen LogP contribution is 2.28. The molecule has 5 heteroatoms. The molecule has 0 atom stereocenters. The molecule has 4 nitrogen and oxygen atoms in total. The van der Waals surface area contributed by atoms with E-state index in [0.717, 1.165) is 54.3 Å². The Morgan fingerprint density at radius 3 is 2.81 bits per heavy atom. The van der Waals surface area contributed by atoms with Gasteiger partial charge in [-0.1, -0.05) is 12.1 Å².